The maximum atomic E-state index is 12.6. The summed E-state index contributed by atoms with van der Waals surface area (Å²) in [5, 5.41) is 13.1. The van der Waals surface area contributed by atoms with E-state index in [0.717, 1.165) is 0 Å². The van der Waals surface area contributed by atoms with E-state index < -0.39 is 18.3 Å². The molecule has 21 heavy (non-hydrogen) atoms. The van der Waals surface area contributed by atoms with Gasteiger partial charge in [0.1, 0.15) is 6.10 Å². The monoisotopic (exact) mass is 309 g/mol. The minimum Gasteiger partial charge on any atom is -0.382 e. The maximum Gasteiger partial charge on any atom is 0.415 e. The predicted octanol–water partition coefficient (Wildman–Crippen LogP) is 1.66. The number of aromatic nitrogens is 2. The van der Waals surface area contributed by atoms with Gasteiger partial charge in [0, 0.05) is 13.2 Å². The van der Waals surface area contributed by atoms with Gasteiger partial charge < -0.3 is 14.4 Å². The molecule has 1 aromatic heterocycles. The Morgan fingerprint density at radius 2 is 2.24 bits per heavy atom. The van der Waals surface area contributed by atoms with Crippen LogP contribution in [0.25, 0.3) is 0 Å². The molecule has 6 nitrogen and oxygen atoms in total. The molecular weight excluding hydrogens is 291 g/mol. The number of hydrogen-bond donors (Lipinski definition) is 1. The van der Waals surface area contributed by atoms with Crippen LogP contribution in [-0.4, -0.2) is 52.1 Å². The minimum atomic E-state index is -4.63. The first-order valence-corrected chi connectivity index (χ1v) is 6.67. The summed E-state index contributed by atoms with van der Waals surface area (Å²) in [6.07, 6.45) is -6.46. The Morgan fingerprint density at radius 3 is 2.86 bits per heavy atom. The van der Waals surface area contributed by atoms with Crippen molar-refractivity contribution in [2.45, 2.75) is 50.7 Å². The lowest BCUT2D eigenvalue weighted by Crippen LogP contribution is -2.46. The van der Waals surface area contributed by atoms with E-state index in [4.69, 9.17) is 9.26 Å². The molecule has 1 aromatic rings. The summed E-state index contributed by atoms with van der Waals surface area (Å²) in [4.78, 5) is 5.61. The van der Waals surface area contributed by atoms with E-state index in [0.29, 0.717) is 18.8 Å². The van der Waals surface area contributed by atoms with Crippen molar-refractivity contribution in [3.63, 3.8) is 0 Å². The molecule has 0 saturated carbocycles. The quantitative estimate of drug-likeness (QED) is 0.892. The van der Waals surface area contributed by atoms with Gasteiger partial charge in [-0.2, -0.15) is 18.2 Å². The Bertz CT molecular complexity index is 466. The number of rotatable bonds is 5. The highest BCUT2D eigenvalue weighted by Gasteiger charge is 2.47. The summed E-state index contributed by atoms with van der Waals surface area (Å²) in [6, 6.07) is -0.972. The summed E-state index contributed by atoms with van der Waals surface area (Å²) >= 11 is 0. The molecule has 0 bridgehead atoms. The molecule has 1 N–H and O–H groups in total. The van der Waals surface area contributed by atoms with E-state index in [2.05, 4.69) is 10.1 Å². The van der Waals surface area contributed by atoms with Crippen LogP contribution >= 0.6 is 0 Å². The van der Waals surface area contributed by atoms with Crippen molar-refractivity contribution < 1.29 is 27.5 Å². The fourth-order valence-corrected chi connectivity index (χ4v) is 2.40. The number of nitrogens with zero attached hydrogens (tertiary/aromatic N) is 3. The number of ether oxygens (including phenoxy) is 1. The molecule has 0 aliphatic carbocycles. The Kier molecular flexibility index (Phi) is 4.84. The van der Waals surface area contributed by atoms with Gasteiger partial charge in [0.25, 0.3) is 0 Å². The van der Waals surface area contributed by atoms with Crippen LogP contribution in [-0.2, 0) is 11.3 Å². The maximum absolute atomic E-state index is 12.6. The first-order valence-electron chi connectivity index (χ1n) is 6.67. The molecule has 0 radical (unpaired) electrons. The van der Waals surface area contributed by atoms with E-state index >= 15 is 0 Å². The highest BCUT2D eigenvalue weighted by Crippen LogP contribution is 2.31. The summed E-state index contributed by atoms with van der Waals surface area (Å²) < 4.78 is 47.9. The zero-order chi connectivity index (χ0) is 15.6. The van der Waals surface area contributed by atoms with Crippen LogP contribution in [0, 0.1) is 0 Å². The third-order valence-corrected chi connectivity index (χ3v) is 3.65. The average molecular weight is 309 g/mol. The molecule has 3 atom stereocenters. The van der Waals surface area contributed by atoms with E-state index in [1.54, 1.807) is 6.92 Å². The fraction of sp³-hybridized carbons (Fsp3) is 0.833. The smallest absolute Gasteiger partial charge is 0.382 e. The van der Waals surface area contributed by atoms with Crippen molar-refractivity contribution >= 4 is 0 Å². The number of likely N-dealkylation sites (tertiary alicyclic amines) is 1. The normalized spacial score (nSPS) is 23.4. The van der Waals surface area contributed by atoms with Crippen molar-refractivity contribution in [2.75, 3.05) is 13.7 Å². The number of halogens is 3. The number of hydrogen-bond acceptors (Lipinski definition) is 6. The van der Waals surface area contributed by atoms with Gasteiger partial charge in [-0.1, -0.05) is 5.16 Å². The van der Waals surface area contributed by atoms with Crippen LogP contribution in [0.1, 0.15) is 37.6 Å². The van der Waals surface area contributed by atoms with Crippen molar-refractivity contribution in [3.8, 4) is 0 Å². The molecule has 1 saturated heterocycles. The number of alkyl halides is 3. The molecule has 0 spiro atoms. The topological polar surface area (TPSA) is 71.6 Å². The lowest BCUT2D eigenvalue weighted by atomic mass is 10.1. The second-order valence-corrected chi connectivity index (χ2v) is 5.09. The van der Waals surface area contributed by atoms with Crippen LogP contribution < -0.4 is 0 Å². The summed E-state index contributed by atoms with van der Waals surface area (Å²) in [5.41, 5.74) is 0. The lowest BCUT2D eigenvalue weighted by Gasteiger charge is -2.28. The van der Waals surface area contributed by atoms with Crippen LogP contribution in [0.2, 0.25) is 0 Å². The molecule has 120 valence electrons. The van der Waals surface area contributed by atoms with Crippen molar-refractivity contribution in [1.29, 1.82) is 0 Å². The fourth-order valence-electron chi connectivity index (χ4n) is 2.40. The molecule has 0 amide bonds. The molecule has 2 heterocycles. The number of methoxy groups -OCH3 is 1. The highest BCUT2D eigenvalue weighted by molar-refractivity contribution is 4.94. The zero-order valence-corrected chi connectivity index (χ0v) is 11.8. The molecule has 0 aromatic carbocycles. The third-order valence-electron chi connectivity index (χ3n) is 3.65. The van der Waals surface area contributed by atoms with E-state index in [1.165, 1.54) is 12.0 Å². The largest absolute Gasteiger partial charge is 0.415 e. The van der Waals surface area contributed by atoms with E-state index in [1.807, 2.05) is 0 Å². The predicted molar refractivity (Wildman–Crippen MR) is 65.2 cm³/mol. The van der Waals surface area contributed by atoms with Crippen LogP contribution in [0.3, 0.4) is 0 Å². The Labute approximate surface area is 119 Å². The summed E-state index contributed by atoms with van der Waals surface area (Å²) in [6.45, 7) is 2.28. The zero-order valence-electron chi connectivity index (χ0n) is 11.8. The van der Waals surface area contributed by atoms with Crippen LogP contribution in [0.4, 0.5) is 13.2 Å². The van der Waals surface area contributed by atoms with Crippen molar-refractivity contribution in [2.24, 2.45) is 0 Å². The van der Waals surface area contributed by atoms with E-state index in [9.17, 15) is 18.3 Å². The molecule has 9 heteroatoms. The molecule has 1 fully saturated rings. The van der Waals surface area contributed by atoms with Crippen LogP contribution in [0.5, 0.6) is 0 Å². The first kappa shape index (κ1) is 16.2. The van der Waals surface area contributed by atoms with Gasteiger partial charge in [-0.05, 0) is 26.3 Å². The van der Waals surface area contributed by atoms with Gasteiger partial charge >= 0.3 is 6.18 Å². The SMILES string of the molecule is CO[C@H](C)c1noc(CN2CCC[C@@H]2[C@@H](O)C(F)(F)F)n1. The van der Waals surface area contributed by atoms with Crippen molar-refractivity contribution in [3.05, 3.63) is 11.7 Å². The Balaban J connectivity index is 2.03. The molecule has 2 rings (SSSR count). The van der Waals surface area contributed by atoms with Gasteiger partial charge in [-0.15, -0.1) is 0 Å². The van der Waals surface area contributed by atoms with E-state index in [-0.39, 0.29) is 25.0 Å². The van der Waals surface area contributed by atoms with Gasteiger partial charge in [-0.25, -0.2) is 0 Å². The van der Waals surface area contributed by atoms with Gasteiger partial charge in [0.05, 0.1) is 6.54 Å². The van der Waals surface area contributed by atoms with Crippen molar-refractivity contribution in [1.82, 2.24) is 15.0 Å². The standard InChI is InChI=1S/C12H18F3N3O3/c1-7(20-2)11-16-9(21-17-11)6-18-5-3-4-8(18)10(19)12(13,14)15/h7-8,10,19H,3-6H2,1-2H3/t7-,8-,10-/m1/s1. The molecule has 0 unspecified atom stereocenters. The Hall–Kier alpha value is -1.19. The number of aliphatic hydroxyl groups is 1. The Morgan fingerprint density at radius 1 is 1.52 bits per heavy atom. The molecule has 1 aliphatic heterocycles. The van der Waals surface area contributed by atoms with Gasteiger partial charge in [-0.3, -0.25) is 4.90 Å². The molecular formula is C12H18F3N3O3. The number of aliphatic hydroxyl groups excluding tert-OH is 1. The van der Waals surface area contributed by atoms with Crippen LogP contribution in [0.15, 0.2) is 4.52 Å². The summed E-state index contributed by atoms with van der Waals surface area (Å²) in [7, 11) is 1.50. The second kappa shape index (κ2) is 6.29. The summed E-state index contributed by atoms with van der Waals surface area (Å²) in [5.74, 6) is 0.565. The molecule has 1 aliphatic rings. The lowest BCUT2D eigenvalue weighted by molar-refractivity contribution is -0.219. The highest BCUT2D eigenvalue weighted by atomic mass is 19.4. The third kappa shape index (κ3) is 3.72. The van der Waals surface area contributed by atoms with Gasteiger partial charge in [0.2, 0.25) is 5.89 Å². The average Bonchev–Trinajstić information content (AvgIpc) is 3.05. The minimum absolute atomic E-state index is 0.0846. The first-order chi connectivity index (χ1) is 9.82. The van der Waals surface area contributed by atoms with Gasteiger partial charge in [0.15, 0.2) is 11.9 Å². The second-order valence-electron chi connectivity index (χ2n) is 5.09.